The molecule has 1 unspecified atom stereocenters. The molecule has 2 saturated carbocycles. The van der Waals surface area contributed by atoms with Gasteiger partial charge in [-0.1, -0.05) is 37.3 Å². The van der Waals surface area contributed by atoms with E-state index in [1.165, 1.54) is 12.0 Å². The Hall–Kier alpha value is -4.44. The molecule has 0 radical (unpaired) electrons. The molecule has 56 heavy (non-hydrogen) atoms. The smallest absolute Gasteiger partial charge is 0.408 e. The number of carbonyl (C=O) groups excluding carboxylic acids is 4. The number of pyridine rings is 1. The van der Waals surface area contributed by atoms with Crippen LogP contribution in [0.1, 0.15) is 79.6 Å². The molecular weight excluding hydrogens is 743 g/mol. The van der Waals surface area contributed by atoms with Crippen LogP contribution in [0.5, 0.6) is 11.6 Å². The number of nitrogens with zero attached hydrogens (tertiary/aromatic N) is 2. The maximum Gasteiger partial charge on any atom is 0.408 e. The van der Waals surface area contributed by atoms with Crippen LogP contribution in [-0.2, 0) is 33.9 Å². The Bertz CT molecular complexity index is 1980. The molecule has 0 bridgehead atoms. The van der Waals surface area contributed by atoms with Gasteiger partial charge in [-0.25, -0.2) is 18.2 Å². The molecule has 2 aromatic rings. The molecule has 16 heteroatoms. The SMILES string of the molecule is COC[C@@H]1CC(C)CC/C=C\[C@@H]2C[C@@]2(C(=O)NS(=O)(=O)C2(C)CC2)NC(=O)[C@@H]2C[C@@H](Oc3ncc(OC)c4ccccc34)CN2C(=O)[C@H]1NC(=O)OC(C)(C)C. The molecule has 1 aromatic carbocycles. The number of methoxy groups -OCH3 is 2. The normalized spacial score (nSPS) is 29.7. The van der Waals surface area contributed by atoms with E-state index >= 15 is 0 Å². The van der Waals surface area contributed by atoms with Gasteiger partial charge in [0.1, 0.15) is 35.1 Å². The number of nitrogens with one attached hydrogen (secondary N) is 3. The standard InChI is InChI=1S/C40H55N5O10S/c1-24-12-8-9-13-26-20-40(26,36(48)44-56(50,51)39(5)16-17-39)43-33(46)30-19-27(54-34-29-15-11-10-14-28(29)31(53-7)21-41-34)22-45(30)35(47)32(25(18-24)23-52-6)42-37(49)55-38(2,3)4/h9-11,13-15,21,24-27,30,32H,8,12,16-20,22-23H2,1-7H3,(H,42,49)(H,43,46)(H,44,48)/b13-9-/t24?,25-,26+,27+,30-,32-,40+/m0/s1. The van der Waals surface area contributed by atoms with E-state index in [4.69, 9.17) is 18.9 Å². The van der Waals surface area contributed by atoms with Gasteiger partial charge in [-0.3, -0.25) is 19.1 Å². The molecule has 0 spiro atoms. The zero-order chi connectivity index (χ0) is 40.6. The van der Waals surface area contributed by atoms with Crippen molar-refractivity contribution in [2.75, 3.05) is 27.4 Å². The highest BCUT2D eigenvalue weighted by molar-refractivity contribution is 7.91. The summed E-state index contributed by atoms with van der Waals surface area (Å²) in [6.07, 6.45) is 6.74. The minimum Gasteiger partial charge on any atom is -0.494 e. The van der Waals surface area contributed by atoms with Crippen molar-refractivity contribution < 1.29 is 46.5 Å². The van der Waals surface area contributed by atoms with Crippen molar-refractivity contribution >= 4 is 44.6 Å². The third-order valence-electron chi connectivity index (χ3n) is 11.4. The van der Waals surface area contributed by atoms with Crippen LogP contribution in [-0.4, -0.2) is 104 Å². The van der Waals surface area contributed by atoms with Crippen molar-refractivity contribution in [3.63, 3.8) is 0 Å². The largest absolute Gasteiger partial charge is 0.494 e. The lowest BCUT2D eigenvalue weighted by Crippen LogP contribution is -2.60. The molecule has 6 rings (SSSR count). The van der Waals surface area contributed by atoms with Crippen LogP contribution in [0.25, 0.3) is 10.8 Å². The van der Waals surface area contributed by atoms with Gasteiger partial charge in [0.15, 0.2) is 0 Å². The van der Waals surface area contributed by atoms with E-state index in [1.54, 1.807) is 41.0 Å². The second-order valence-electron chi connectivity index (χ2n) is 17.0. The number of allylic oxidation sites excluding steroid dienone is 1. The first-order valence-electron chi connectivity index (χ1n) is 19.3. The summed E-state index contributed by atoms with van der Waals surface area (Å²) in [5.41, 5.74) is -2.40. The quantitative estimate of drug-likeness (QED) is 0.311. The Labute approximate surface area is 328 Å². The van der Waals surface area contributed by atoms with Gasteiger partial charge in [-0.05, 0) is 78.2 Å². The highest BCUT2D eigenvalue weighted by atomic mass is 32.2. The van der Waals surface area contributed by atoms with Gasteiger partial charge in [0, 0.05) is 36.1 Å². The maximum absolute atomic E-state index is 15.0. The fourth-order valence-electron chi connectivity index (χ4n) is 7.78. The average Bonchev–Trinajstić information content (AvgIpc) is 4.01. The average molecular weight is 798 g/mol. The number of fused-ring (bicyclic) bond motifs is 3. The minimum atomic E-state index is -4.01. The molecule has 3 N–H and O–H groups in total. The molecule has 7 atom stereocenters. The fraction of sp³-hybridized carbons (Fsp3) is 0.625. The third kappa shape index (κ3) is 8.75. The second kappa shape index (κ2) is 15.8. The number of hydrogen-bond donors (Lipinski definition) is 3. The van der Waals surface area contributed by atoms with Crippen LogP contribution in [0.3, 0.4) is 0 Å². The lowest BCUT2D eigenvalue weighted by Gasteiger charge is -2.34. The number of carbonyl (C=O) groups is 4. The summed E-state index contributed by atoms with van der Waals surface area (Å²) < 4.78 is 50.8. The molecule has 2 aliphatic carbocycles. The number of hydrogen-bond acceptors (Lipinski definition) is 11. The van der Waals surface area contributed by atoms with E-state index in [9.17, 15) is 27.6 Å². The Kier molecular flexibility index (Phi) is 11.6. The number of aromatic nitrogens is 1. The third-order valence-corrected chi connectivity index (χ3v) is 13.5. The molecule has 2 aliphatic heterocycles. The van der Waals surface area contributed by atoms with Crippen LogP contribution in [0.15, 0.2) is 42.6 Å². The molecule has 3 heterocycles. The van der Waals surface area contributed by atoms with E-state index in [0.717, 1.165) is 11.8 Å². The number of sulfonamides is 1. The number of alkyl carbamates (subject to hydrolysis) is 1. The van der Waals surface area contributed by atoms with Crippen molar-refractivity contribution in [1.82, 2.24) is 25.2 Å². The maximum atomic E-state index is 15.0. The van der Waals surface area contributed by atoms with Crippen LogP contribution < -0.4 is 24.8 Å². The first-order chi connectivity index (χ1) is 26.4. The molecular formula is C40H55N5O10S. The van der Waals surface area contributed by atoms with Gasteiger partial charge in [-0.15, -0.1) is 0 Å². The van der Waals surface area contributed by atoms with Crippen molar-refractivity contribution in [1.29, 1.82) is 0 Å². The second-order valence-corrected chi connectivity index (χ2v) is 19.2. The summed E-state index contributed by atoms with van der Waals surface area (Å²) in [5.74, 6) is -2.08. The first-order valence-corrected chi connectivity index (χ1v) is 20.8. The number of amides is 4. The van der Waals surface area contributed by atoms with Crippen molar-refractivity contribution in [2.45, 2.75) is 114 Å². The summed E-state index contributed by atoms with van der Waals surface area (Å²) in [6.45, 7) is 8.89. The number of ether oxygens (including phenoxy) is 4. The highest BCUT2D eigenvalue weighted by Gasteiger charge is 2.63. The van der Waals surface area contributed by atoms with Gasteiger partial charge < -0.3 is 34.5 Å². The zero-order valence-corrected chi connectivity index (χ0v) is 34.1. The van der Waals surface area contributed by atoms with Gasteiger partial charge in [-0.2, -0.15) is 0 Å². The highest BCUT2D eigenvalue weighted by Crippen LogP contribution is 2.47. The van der Waals surface area contributed by atoms with E-state index in [2.05, 4.69) is 27.3 Å². The van der Waals surface area contributed by atoms with Crippen molar-refractivity contribution in [3.05, 3.63) is 42.6 Å². The van der Waals surface area contributed by atoms with Gasteiger partial charge in [0.05, 0.1) is 31.2 Å². The minimum absolute atomic E-state index is 0.0126. The van der Waals surface area contributed by atoms with Crippen LogP contribution in [0.2, 0.25) is 0 Å². The topological polar surface area (TPSA) is 192 Å². The molecule has 15 nitrogen and oxygen atoms in total. The lowest BCUT2D eigenvalue weighted by atomic mass is 9.87. The van der Waals surface area contributed by atoms with Crippen LogP contribution in [0.4, 0.5) is 4.79 Å². The van der Waals surface area contributed by atoms with Crippen LogP contribution >= 0.6 is 0 Å². The number of rotatable bonds is 9. The van der Waals surface area contributed by atoms with Crippen LogP contribution in [0, 0.1) is 17.8 Å². The Morgan fingerprint density at radius 2 is 1.80 bits per heavy atom. The summed E-state index contributed by atoms with van der Waals surface area (Å²) in [4.78, 5) is 62.7. The Morgan fingerprint density at radius 1 is 1.09 bits per heavy atom. The predicted molar refractivity (Wildman–Crippen MR) is 207 cm³/mol. The summed E-state index contributed by atoms with van der Waals surface area (Å²) in [5, 5.41) is 7.14. The van der Waals surface area contributed by atoms with E-state index in [-0.39, 0.29) is 37.8 Å². The van der Waals surface area contributed by atoms with Crippen molar-refractivity contribution in [2.24, 2.45) is 17.8 Å². The number of benzene rings is 1. The van der Waals surface area contributed by atoms with Gasteiger partial charge in [0.2, 0.25) is 27.7 Å². The molecule has 306 valence electrons. The Morgan fingerprint density at radius 3 is 2.46 bits per heavy atom. The predicted octanol–water partition coefficient (Wildman–Crippen LogP) is 4.00. The van der Waals surface area contributed by atoms with E-state index in [0.29, 0.717) is 36.8 Å². The molecule has 1 aromatic heterocycles. The first kappa shape index (κ1) is 41.2. The van der Waals surface area contributed by atoms with E-state index in [1.807, 2.05) is 36.4 Å². The molecule has 4 aliphatic rings. The summed E-state index contributed by atoms with van der Waals surface area (Å²) in [6, 6.07) is 5.09. The fourth-order valence-corrected chi connectivity index (χ4v) is 9.09. The van der Waals surface area contributed by atoms with Gasteiger partial charge in [0.25, 0.3) is 5.91 Å². The summed E-state index contributed by atoms with van der Waals surface area (Å²) >= 11 is 0. The zero-order valence-electron chi connectivity index (χ0n) is 33.3. The summed E-state index contributed by atoms with van der Waals surface area (Å²) in [7, 11) is -0.938. The van der Waals surface area contributed by atoms with E-state index < -0.39 is 79.7 Å². The lowest BCUT2D eigenvalue weighted by molar-refractivity contribution is -0.142. The molecule has 1 saturated heterocycles. The molecule has 4 amide bonds. The van der Waals surface area contributed by atoms with Gasteiger partial charge >= 0.3 is 6.09 Å². The monoisotopic (exact) mass is 797 g/mol. The molecule has 3 fully saturated rings. The van der Waals surface area contributed by atoms with Crippen molar-refractivity contribution in [3.8, 4) is 11.6 Å². The Balaban J connectivity index is 1.38.